The van der Waals surface area contributed by atoms with Crippen LogP contribution in [0.4, 0.5) is 13.2 Å². The van der Waals surface area contributed by atoms with Crippen molar-refractivity contribution < 1.29 is 22.6 Å². The molecule has 0 aliphatic carbocycles. The predicted octanol–water partition coefficient (Wildman–Crippen LogP) is 2.73. The summed E-state index contributed by atoms with van der Waals surface area (Å²) >= 11 is 0. The third kappa shape index (κ3) is 9.63. The van der Waals surface area contributed by atoms with Gasteiger partial charge in [0.05, 0.1) is 0 Å². The standard InChI is InChI=1S/C8H15F3O2/c1-3-4-5-12-7(2)13-6-8(9,10)11/h7H,3-6H2,1-2H3/t7-/m1/s1. The number of rotatable bonds is 6. The molecular weight excluding hydrogens is 185 g/mol. The molecule has 80 valence electrons. The Kier molecular flexibility index (Phi) is 6.07. The fraction of sp³-hybridized carbons (Fsp3) is 1.00. The molecule has 0 fully saturated rings. The first-order chi connectivity index (χ1) is 5.95. The molecule has 0 aliphatic rings. The summed E-state index contributed by atoms with van der Waals surface area (Å²) in [5.74, 6) is 0. The summed E-state index contributed by atoms with van der Waals surface area (Å²) in [7, 11) is 0. The van der Waals surface area contributed by atoms with Gasteiger partial charge in [-0.05, 0) is 13.3 Å². The highest BCUT2D eigenvalue weighted by Crippen LogP contribution is 2.15. The van der Waals surface area contributed by atoms with E-state index in [0.29, 0.717) is 6.61 Å². The molecule has 13 heavy (non-hydrogen) atoms. The fourth-order valence-electron chi connectivity index (χ4n) is 0.654. The van der Waals surface area contributed by atoms with Crippen LogP contribution in [-0.2, 0) is 9.47 Å². The Balaban J connectivity index is 3.35. The second-order valence-corrected chi connectivity index (χ2v) is 2.72. The second-order valence-electron chi connectivity index (χ2n) is 2.72. The molecule has 0 saturated carbocycles. The summed E-state index contributed by atoms with van der Waals surface area (Å²) in [5, 5.41) is 0. The average molecular weight is 200 g/mol. The number of alkyl halides is 3. The van der Waals surface area contributed by atoms with E-state index >= 15 is 0 Å². The van der Waals surface area contributed by atoms with E-state index in [9.17, 15) is 13.2 Å². The van der Waals surface area contributed by atoms with Gasteiger partial charge in [0.1, 0.15) is 6.61 Å². The molecule has 0 heterocycles. The molecule has 0 saturated heterocycles. The molecule has 5 heteroatoms. The highest BCUT2D eigenvalue weighted by molar-refractivity contribution is 4.46. The minimum atomic E-state index is -4.28. The Morgan fingerprint density at radius 2 is 1.85 bits per heavy atom. The van der Waals surface area contributed by atoms with Crippen molar-refractivity contribution in [3.63, 3.8) is 0 Å². The summed E-state index contributed by atoms with van der Waals surface area (Å²) < 4.78 is 44.2. The molecule has 0 unspecified atom stereocenters. The van der Waals surface area contributed by atoms with Crippen LogP contribution in [-0.4, -0.2) is 25.7 Å². The van der Waals surface area contributed by atoms with Crippen LogP contribution in [0.5, 0.6) is 0 Å². The molecule has 0 amide bonds. The van der Waals surface area contributed by atoms with E-state index in [4.69, 9.17) is 4.74 Å². The van der Waals surface area contributed by atoms with Crippen LogP contribution in [0.3, 0.4) is 0 Å². The Labute approximate surface area is 76.0 Å². The monoisotopic (exact) mass is 200 g/mol. The Bertz CT molecular complexity index is 125. The van der Waals surface area contributed by atoms with Crippen molar-refractivity contribution in [2.24, 2.45) is 0 Å². The van der Waals surface area contributed by atoms with Crippen molar-refractivity contribution in [3.05, 3.63) is 0 Å². The topological polar surface area (TPSA) is 18.5 Å². The van der Waals surface area contributed by atoms with E-state index in [1.165, 1.54) is 6.92 Å². The number of halogens is 3. The second kappa shape index (κ2) is 6.21. The molecule has 0 radical (unpaired) electrons. The van der Waals surface area contributed by atoms with E-state index in [1.54, 1.807) is 0 Å². The van der Waals surface area contributed by atoms with E-state index in [1.807, 2.05) is 6.92 Å². The minimum Gasteiger partial charge on any atom is -0.353 e. The van der Waals surface area contributed by atoms with Gasteiger partial charge in [0, 0.05) is 6.61 Å². The Hall–Kier alpha value is -0.290. The number of unbranched alkanes of at least 4 members (excludes halogenated alkanes) is 1. The van der Waals surface area contributed by atoms with Crippen LogP contribution in [0.2, 0.25) is 0 Å². The third-order valence-corrected chi connectivity index (χ3v) is 1.33. The van der Waals surface area contributed by atoms with Gasteiger partial charge in [0.2, 0.25) is 0 Å². The highest BCUT2D eigenvalue weighted by atomic mass is 19.4. The molecule has 0 aromatic rings. The van der Waals surface area contributed by atoms with E-state index < -0.39 is 19.1 Å². The normalized spacial score (nSPS) is 14.5. The summed E-state index contributed by atoms with van der Waals surface area (Å²) in [5.41, 5.74) is 0. The maximum absolute atomic E-state index is 11.6. The maximum atomic E-state index is 11.6. The van der Waals surface area contributed by atoms with Crippen LogP contribution in [0.25, 0.3) is 0 Å². The minimum absolute atomic E-state index is 0.440. The maximum Gasteiger partial charge on any atom is 0.411 e. The average Bonchev–Trinajstić information content (AvgIpc) is 2.00. The molecule has 0 spiro atoms. The van der Waals surface area contributed by atoms with E-state index in [2.05, 4.69) is 4.74 Å². The third-order valence-electron chi connectivity index (χ3n) is 1.33. The van der Waals surface area contributed by atoms with Crippen molar-refractivity contribution in [1.29, 1.82) is 0 Å². The van der Waals surface area contributed by atoms with Gasteiger partial charge in [-0.3, -0.25) is 0 Å². The summed E-state index contributed by atoms with van der Waals surface area (Å²) in [4.78, 5) is 0. The Morgan fingerprint density at radius 3 is 2.31 bits per heavy atom. The first-order valence-corrected chi connectivity index (χ1v) is 4.25. The van der Waals surface area contributed by atoms with E-state index in [0.717, 1.165) is 12.8 Å². The number of hydrogen-bond donors (Lipinski definition) is 0. The van der Waals surface area contributed by atoms with Crippen molar-refractivity contribution in [2.45, 2.75) is 39.2 Å². The zero-order valence-corrected chi connectivity index (χ0v) is 7.86. The SMILES string of the molecule is CCCCO[C@@H](C)OCC(F)(F)F. The van der Waals surface area contributed by atoms with Gasteiger partial charge in [-0.15, -0.1) is 0 Å². The van der Waals surface area contributed by atoms with Crippen LogP contribution in [0.15, 0.2) is 0 Å². The van der Waals surface area contributed by atoms with E-state index in [-0.39, 0.29) is 0 Å². The Morgan fingerprint density at radius 1 is 1.23 bits per heavy atom. The molecular formula is C8H15F3O2. The lowest BCUT2D eigenvalue weighted by atomic mass is 10.4. The zero-order chi connectivity index (χ0) is 10.3. The van der Waals surface area contributed by atoms with Crippen molar-refractivity contribution in [3.8, 4) is 0 Å². The first-order valence-electron chi connectivity index (χ1n) is 4.25. The van der Waals surface area contributed by atoms with Crippen LogP contribution >= 0.6 is 0 Å². The number of ether oxygens (including phenoxy) is 2. The van der Waals surface area contributed by atoms with Gasteiger partial charge < -0.3 is 9.47 Å². The van der Waals surface area contributed by atoms with Crippen molar-refractivity contribution in [2.75, 3.05) is 13.2 Å². The molecule has 0 bridgehead atoms. The fourth-order valence-corrected chi connectivity index (χ4v) is 0.654. The van der Waals surface area contributed by atoms with Crippen LogP contribution < -0.4 is 0 Å². The molecule has 0 N–H and O–H groups in total. The summed E-state index contributed by atoms with van der Waals surface area (Å²) in [6.45, 7) is 2.63. The molecule has 2 nitrogen and oxygen atoms in total. The van der Waals surface area contributed by atoms with Gasteiger partial charge in [-0.2, -0.15) is 13.2 Å². The summed E-state index contributed by atoms with van der Waals surface area (Å²) in [6.07, 6.45) is -3.28. The lowest BCUT2D eigenvalue weighted by Gasteiger charge is -2.14. The quantitative estimate of drug-likeness (QED) is 0.484. The van der Waals surface area contributed by atoms with Crippen LogP contribution in [0.1, 0.15) is 26.7 Å². The van der Waals surface area contributed by atoms with Gasteiger partial charge in [-0.1, -0.05) is 13.3 Å². The van der Waals surface area contributed by atoms with Crippen LogP contribution in [0, 0.1) is 0 Å². The lowest BCUT2D eigenvalue weighted by molar-refractivity contribution is -0.224. The molecule has 0 aliphatic heterocycles. The molecule has 0 aromatic heterocycles. The predicted molar refractivity (Wildman–Crippen MR) is 42.3 cm³/mol. The lowest BCUT2D eigenvalue weighted by Crippen LogP contribution is -2.23. The molecule has 0 rings (SSSR count). The van der Waals surface area contributed by atoms with Gasteiger partial charge in [-0.25, -0.2) is 0 Å². The number of hydrogen-bond acceptors (Lipinski definition) is 2. The smallest absolute Gasteiger partial charge is 0.353 e. The van der Waals surface area contributed by atoms with Gasteiger partial charge >= 0.3 is 6.18 Å². The van der Waals surface area contributed by atoms with Crippen molar-refractivity contribution >= 4 is 0 Å². The molecule has 0 aromatic carbocycles. The zero-order valence-electron chi connectivity index (χ0n) is 7.86. The van der Waals surface area contributed by atoms with Crippen molar-refractivity contribution in [1.82, 2.24) is 0 Å². The largest absolute Gasteiger partial charge is 0.411 e. The highest BCUT2D eigenvalue weighted by Gasteiger charge is 2.28. The summed E-state index contributed by atoms with van der Waals surface area (Å²) in [6, 6.07) is 0. The van der Waals surface area contributed by atoms with Gasteiger partial charge in [0.25, 0.3) is 0 Å². The van der Waals surface area contributed by atoms with Gasteiger partial charge in [0.15, 0.2) is 6.29 Å². The molecule has 1 atom stereocenters. The first kappa shape index (κ1) is 12.7.